The van der Waals surface area contributed by atoms with Crippen LogP contribution >= 0.6 is 11.6 Å². The van der Waals surface area contributed by atoms with Gasteiger partial charge in [0.05, 0.1) is 17.5 Å². The second-order valence-corrected chi connectivity index (χ2v) is 5.27. The van der Waals surface area contributed by atoms with Gasteiger partial charge in [0.1, 0.15) is 0 Å². The smallest absolute Gasteiger partial charge is 0.246 e. The van der Waals surface area contributed by atoms with Crippen LogP contribution in [0.5, 0.6) is 0 Å². The van der Waals surface area contributed by atoms with Gasteiger partial charge in [0.15, 0.2) is 0 Å². The van der Waals surface area contributed by atoms with E-state index in [0.29, 0.717) is 11.6 Å². The highest BCUT2D eigenvalue weighted by atomic mass is 35.5. The monoisotopic (exact) mass is 291 g/mol. The van der Waals surface area contributed by atoms with Gasteiger partial charge in [0.2, 0.25) is 11.8 Å². The molecule has 1 aliphatic rings. The SMILES string of the molecule is CN1C(=O)CC(NCc2[nH]c3ccccc3c2Cl)C1=O. The number of hydrogen-bond acceptors (Lipinski definition) is 3. The van der Waals surface area contributed by atoms with E-state index in [1.54, 1.807) is 0 Å². The van der Waals surface area contributed by atoms with E-state index in [-0.39, 0.29) is 18.2 Å². The first kappa shape index (κ1) is 13.1. The number of aromatic nitrogens is 1. The molecule has 20 heavy (non-hydrogen) atoms. The normalized spacial score (nSPS) is 19.3. The summed E-state index contributed by atoms with van der Waals surface area (Å²) < 4.78 is 0. The van der Waals surface area contributed by atoms with Crippen LogP contribution in [0.4, 0.5) is 0 Å². The lowest BCUT2D eigenvalue weighted by Crippen LogP contribution is -2.36. The summed E-state index contributed by atoms with van der Waals surface area (Å²) in [6.07, 6.45) is 0.202. The Kier molecular flexibility index (Phi) is 3.23. The Balaban J connectivity index is 1.76. The van der Waals surface area contributed by atoms with Gasteiger partial charge in [-0.1, -0.05) is 29.8 Å². The second-order valence-electron chi connectivity index (χ2n) is 4.89. The molecule has 0 saturated carbocycles. The third-order valence-corrected chi connectivity index (χ3v) is 4.05. The molecule has 2 N–H and O–H groups in total. The zero-order valence-electron chi connectivity index (χ0n) is 10.9. The molecule has 0 radical (unpaired) electrons. The molecule has 1 aromatic heterocycles. The Labute approximate surface area is 120 Å². The van der Waals surface area contributed by atoms with Crippen LogP contribution in [0.3, 0.4) is 0 Å². The molecular formula is C14H14ClN3O2. The van der Waals surface area contributed by atoms with Crippen LogP contribution in [0.25, 0.3) is 10.9 Å². The number of aromatic amines is 1. The van der Waals surface area contributed by atoms with Gasteiger partial charge in [-0.05, 0) is 6.07 Å². The lowest BCUT2D eigenvalue weighted by atomic mass is 10.2. The van der Waals surface area contributed by atoms with Gasteiger partial charge in [0.25, 0.3) is 0 Å². The largest absolute Gasteiger partial charge is 0.356 e. The number of rotatable bonds is 3. The Bertz CT molecular complexity index is 695. The molecule has 5 nitrogen and oxygen atoms in total. The van der Waals surface area contributed by atoms with Crippen molar-refractivity contribution in [2.75, 3.05) is 7.05 Å². The summed E-state index contributed by atoms with van der Waals surface area (Å²) in [4.78, 5) is 27.6. The first-order valence-corrected chi connectivity index (χ1v) is 6.74. The summed E-state index contributed by atoms with van der Waals surface area (Å²) in [5.41, 5.74) is 1.78. The molecule has 1 aliphatic heterocycles. The van der Waals surface area contributed by atoms with Gasteiger partial charge in [-0.15, -0.1) is 0 Å². The topological polar surface area (TPSA) is 65.2 Å². The van der Waals surface area contributed by atoms with Crippen molar-refractivity contribution in [1.29, 1.82) is 0 Å². The van der Waals surface area contributed by atoms with Crippen LogP contribution in [0.2, 0.25) is 5.02 Å². The van der Waals surface area contributed by atoms with Crippen molar-refractivity contribution in [1.82, 2.24) is 15.2 Å². The summed E-state index contributed by atoms with van der Waals surface area (Å²) in [6.45, 7) is 0.422. The number of para-hydroxylation sites is 1. The molecule has 104 valence electrons. The van der Waals surface area contributed by atoms with E-state index < -0.39 is 6.04 Å². The number of likely N-dealkylation sites (N-methyl/N-ethyl adjacent to an activating group) is 1. The van der Waals surface area contributed by atoms with Gasteiger partial charge in [-0.2, -0.15) is 0 Å². The maximum Gasteiger partial charge on any atom is 0.246 e. The Hall–Kier alpha value is -1.85. The zero-order chi connectivity index (χ0) is 14.3. The highest BCUT2D eigenvalue weighted by Crippen LogP contribution is 2.27. The lowest BCUT2D eigenvalue weighted by molar-refractivity contribution is -0.137. The maximum absolute atomic E-state index is 11.8. The molecule has 2 amide bonds. The predicted molar refractivity (Wildman–Crippen MR) is 76.3 cm³/mol. The molecule has 1 aromatic carbocycles. The molecule has 2 aromatic rings. The van der Waals surface area contributed by atoms with Crippen molar-refractivity contribution in [2.45, 2.75) is 19.0 Å². The molecule has 6 heteroatoms. The number of nitrogens with one attached hydrogen (secondary N) is 2. The molecule has 3 rings (SSSR count). The van der Waals surface area contributed by atoms with Crippen molar-refractivity contribution >= 4 is 34.3 Å². The summed E-state index contributed by atoms with van der Waals surface area (Å²) in [5, 5.41) is 4.69. The van der Waals surface area contributed by atoms with Crippen LogP contribution in [0, 0.1) is 0 Å². The number of imide groups is 1. The fourth-order valence-corrected chi connectivity index (χ4v) is 2.70. The molecule has 0 spiro atoms. The zero-order valence-corrected chi connectivity index (χ0v) is 11.7. The number of fused-ring (bicyclic) bond motifs is 1. The van der Waals surface area contributed by atoms with Crippen LogP contribution in [-0.2, 0) is 16.1 Å². The van der Waals surface area contributed by atoms with Crippen molar-refractivity contribution in [3.63, 3.8) is 0 Å². The number of halogens is 1. The number of H-pyrrole nitrogens is 1. The highest BCUT2D eigenvalue weighted by Gasteiger charge is 2.35. The van der Waals surface area contributed by atoms with Gasteiger partial charge >= 0.3 is 0 Å². The van der Waals surface area contributed by atoms with E-state index in [0.717, 1.165) is 21.5 Å². The fraction of sp³-hybridized carbons (Fsp3) is 0.286. The number of carbonyl (C=O) groups is 2. The molecule has 1 fully saturated rings. The minimum absolute atomic E-state index is 0.157. The summed E-state index contributed by atoms with van der Waals surface area (Å²) in [5.74, 6) is -0.350. The average Bonchev–Trinajstić information content (AvgIpc) is 2.90. The van der Waals surface area contributed by atoms with Crippen LogP contribution in [-0.4, -0.2) is 34.8 Å². The molecule has 2 heterocycles. The van der Waals surface area contributed by atoms with E-state index in [1.165, 1.54) is 7.05 Å². The number of hydrogen-bond donors (Lipinski definition) is 2. The number of nitrogens with zero attached hydrogens (tertiary/aromatic N) is 1. The molecule has 1 atom stereocenters. The second kappa shape index (κ2) is 4.92. The van der Waals surface area contributed by atoms with Crippen molar-refractivity contribution in [3.8, 4) is 0 Å². The van der Waals surface area contributed by atoms with Crippen LogP contribution < -0.4 is 5.32 Å². The third kappa shape index (κ3) is 2.09. The van der Waals surface area contributed by atoms with E-state index in [2.05, 4.69) is 10.3 Å². The fourth-order valence-electron chi connectivity index (χ4n) is 2.43. The Morgan fingerprint density at radius 3 is 2.80 bits per heavy atom. The highest BCUT2D eigenvalue weighted by molar-refractivity contribution is 6.36. The van der Waals surface area contributed by atoms with E-state index in [9.17, 15) is 9.59 Å². The maximum atomic E-state index is 11.8. The quantitative estimate of drug-likeness (QED) is 0.846. The summed E-state index contributed by atoms with van der Waals surface area (Å²) in [7, 11) is 1.50. The van der Waals surface area contributed by atoms with E-state index >= 15 is 0 Å². The molecular weight excluding hydrogens is 278 g/mol. The minimum atomic E-state index is -0.463. The number of benzene rings is 1. The van der Waals surface area contributed by atoms with Gasteiger partial charge in [0, 0.05) is 30.2 Å². The van der Waals surface area contributed by atoms with Crippen molar-refractivity contribution < 1.29 is 9.59 Å². The van der Waals surface area contributed by atoms with Crippen molar-refractivity contribution in [2.24, 2.45) is 0 Å². The van der Waals surface area contributed by atoms with E-state index in [4.69, 9.17) is 11.6 Å². The first-order chi connectivity index (χ1) is 9.58. The van der Waals surface area contributed by atoms with E-state index in [1.807, 2.05) is 24.3 Å². The molecule has 1 saturated heterocycles. The third-order valence-electron chi connectivity index (χ3n) is 3.62. The standard InChI is InChI=1S/C14H14ClN3O2/c1-18-12(19)6-10(14(18)20)16-7-11-13(15)8-4-2-3-5-9(8)17-11/h2-5,10,16-17H,6-7H2,1H3. The minimum Gasteiger partial charge on any atom is -0.356 e. The molecule has 0 bridgehead atoms. The van der Waals surface area contributed by atoms with Gasteiger partial charge in [-0.3, -0.25) is 19.8 Å². The molecule has 0 aliphatic carbocycles. The van der Waals surface area contributed by atoms with Crippen LogP contribution in [0.1, 0.15) is 12.1 Å². The Morgan fingerprint density at radius 2 is 2.15 bits per heavy atom. The Morgan fingerprint density at radius 1 is 1.40 bits per heavy atom. The number of amides is 2. The average molecular weight is 292 g/mol. The van der Waals surface area contributed by atoms with Gasteiger partial charge in [-0.25, -0.2) is 0 Å². The predicted octanol–water partition coefficient (Wildman–Crippen LogP) is 1.67. The number of carbonyl (C=O) groups excluding carboxylic acids is 2. The van der Waals surface area contributed by atoms with Gasteiger partial charge < -0.3 is 4.98 Å². The summed E-state index contributed by atoms with van der Waals surface area (Å²) in [6, 6.07) is 7.28. The lowest BCUT2D eigenvalue weighted by Gasteiger charge is -2.10. The molecule has 1 unspecified atom stereocenters. The van der Waals surface area contributed by atoms with Crippen molar-refractivity contribution in [3.05, 3.63) is 35.0 Å². The first-order valence-electron chi connectivity index (χ1n) is 6.37. The summed E-state index contributed by atoms with van der Waals surface area (Å²) >= 11 is 6.30. The van der Waals surface area contributed by atoms with Crippen LogP contribution in [0.15, 0.2) is 24.3 Å². The number of likely N-dealkylation sites (tertiary alicyclic amines) is 1.